The molecule has 2 aromatic carbocycles. The molecule has 0 spiro atoms. The lowest BCUT2D eigenvalue weighted by Crippen LogP contribution is -2.31. The van der Waals surface area contributed by atoms with E-state index in [4.69, 9.17) is 9.88 Å². The van der Waals surface area contributed by atoms with Crippen LogP contribution in [-0.4, -0.2) is 38.3 Å². The molecule has 0 saturated carbocycles. The number of thioether (sulfide) groups is 1. The highest BCUT2D eigenvalue weighted by atomic mass is 32.2. The Morgan fingerprint density at radius 3 is 2.56 bits per heavy atom. The smallest absolute Gasteiger partial charge is 0.255 e. The summed E-state index contributed by atoms with van der Waals surface area (Å²) in [6.45, 7) is 3.48. The fourth-order valence-electron chi connectivity index (χ4n) is 2.33. The number of carbonyl (C=O) groups is 1. The van der Waals surface area contributed by atoms with Crippen molar-refractivity contribution in [1.82, 2.24) is 5.32 Å². The first-order valence-electron chi connectivity index (χ1n) is 8.07. The molecule has 1 amide bonds. The Labute approximate surface area is 163 Å². The Morgan fingerprint density at radius 2 is 2.00 bits per heavy atom. The van der Waals surface area contributed by atoms with Crippen LogP contribution in [0.3, 0.4) is 0 Å². The average Bonchev–Trinajstić information content (AvgIpc) is 2.59. The molecular weight excluding hydrogens is 388 g/mol. The van der Waals surface area contributed by atoms with E-state index in [1.165, 1.54) is 19.1 Å². The lowest BCUT2D eigenvalue weighted by molar-refractivity contribution is 0.0921. The van der Waals surface area contributed by atoms with Gasteiger partial charge in [-0.25, -0.2) is 13.6 Å². The SMILES string of the molecule is CSc1ccc(Oc2ccc(S(N)(=O)=O)cc2C(=O)NCC(C)O)cc1C. The number of ether oxygens (including phenoxy) is 1. The maximum atomic E-state index is 12.5. The van der Waals surface area contributed by atoms with Crippen molar-refractivity contribution in [3.8, 4) is 11.5 Å². The molecule has 146 valence electrons. The number of hydrogen-bond acceptors (Lipinski definition) is 6. The van der Waals surface area contributed by atoms with E-state index in [1.807, 2.05) is 25.3 Å². The third-order valence-corrected chi connectivity index (χ3v) is 5.49. The van der Waals surface area contributed by atoms with Crippen molar-refractivity contribution in [2.45, 2.75) is 29.7 Å². The van der Waals surface area contributed by atoms with E-state index in [0.29, 0.717) is 5.75 Å². The van der Waals surface area contributed by atoms with E-state index < -0.39 is 22.0 Å². The summed E-state index contributed by atoms with van der Waals surface area (Å²) < 4.78 is 29.1. The van der Waals surface area contributed by atoms with Crippen LogP contribution in [0.15, 0.2) is 46.2 Å². The maximum Gasteiger partial charge on any atom is 0.255 e. The van der Waals surface area contributed by atoms with Crippen LogP contribution in [0.4, 0.5) is 0 Å². The summed E-state index contributed by atoms with van der Waals surface area (Å²) in [7, 11) is -3.98. The number of benzene rings is 2. The van der Waals surface area contributed by atoms with Crippen LogP contribution < -0.4 is 15.2 Å². The number of carbonyl (C=O) groups excluding carboxylic acids is 1. The summed E-state index contributed by atoms with van der Waals surface area (Å²) in [5.41, 5.74) is 1.02. The van der Waals surface area contributed by atoms with Gasteiger partial charge in [0.1, 0.15) is 11.5 Å². The van der Waals surface area contributed by atoms with Gasteiger partial charge in [0, 0.05) is 11.4 Å². The predicted octanol–water partition coefficient (Wildman–Crippen LogP) is 2.27. The molecular formula is C18H22N2O5S2. The molecule has 9 heteroatoms. The van der Waals surface area contributed by atoms with Gasteiger partial charge in [0.05, 0.1) is 16.6 Å². The monoisotopic (exact) mass is 410 g/mol. The first-order chi connectivity index (χ1) is 12.6. The van der Waals surface area contributed by atoms with Crippen LogP contribution in [0, 0.1) is 6.92 Å². The molecule has 7 nitrogen and oxygen atoms in total. The molecule has 0 aliphatic heterocycles. The molecule has 0 fully saturated rings. The number of primary sulfonamides is 1. The van der Waals surface area contributed by atoms with Gasteiger partial charge in [0.15, 0.2) is 0 Å². The first-order valence-corrected chi connectivity index (χ1v) is 10.8. The van der Waals surface area contributed by atoms with Gasteiger partial charge >= 0.3 is 0 Å². The van der Waals surface area contributed by atoms with Crippen LogP contribution in [0.25, 0.3) is 0 Å². The van der Waals surface area contributed by atoms with Gasteiger partial charge in [-0.3, -0.25) is 4.79 Å². The summed E-state index contributed by atoms with van der Waals surface area (Å²) >= 11 is 1.61. The van der Waals surface area contributed by atoms with Crippen molar-refractivity contribution in [2.24, 2.45) is 5.14 Å². The van der Waals surface area contributed by atoms with Crippen LogP contribution in [0.5, 0.6) is 11.5 Å². The Hall–Kier alpha value is -2.07. The normalized spacial score (nSPS) is 12.5. The standard InChI is InChI=1S/C18H22N2O5S2/c1-11-8-13(4-7-17(11)26-3)25-16-6-5-14(27(19,23)24)9-15(16)18(22)20-10-12(2)21/h4-9,12,21H,10H2,1-3H3,(H,20,22)(H2,19,23,24). The minimum absolute atomic E-state index is 0.00812. The van der Waals surface area contributed by atoms with Crippen molar-refractivity contribution in [3.63, 3.8) is 0 Å². The van der Waals surface area contributed by atoms with E-state index >= 15 is 0 Å². The number of amides is 1. The van der Waals surface area contributed by atoms with Gasteiger partial charge in [-0.15, -0.1) is 11.8 Å². The molecule has 2 aromatic rings. The molecule has 2 rings (SSSR count). The maximum absolute atomic E-state index is 12.5. The van der Waals surface area contributed by atoms with Crippen LogP contribution in [0.2, 0.25) is 0 Å². The largest absolute Gasteiger partial charge is 0.457 e. The Kier molecular flexibility index (Phi) is 6.88. The zero-order valence-corrected chi connectivity index (χ0v) is 16.9. The highest BCUT2D eigenvalue weighted by molar-refractivity contribution is 7.98. The molecule has 0 bridgehead atoms. The van der Waals surface area contributed by atoms with Gasteiger partial charge in [-0.05, 0) is 62.1 Å². The van der Waals surface area contributed by atoms with Gasteiger partial charge in [0.25, 0.3) is 5.91 Å². The van der Waals surface area contributed by atoms with Crippen LogP contribution in [0.1, 0.15) is 22.8 Å². The number of rotatable bonds is 7. The minimum atomic E-state index is -3.98. The number of aryl methyl sites for hydroxylation is 1. The summed E-state index contributed by atoms with van der Waals surface area (Å²) in [5.74, 6) is 0.119. The first kappa shape index (κ1) is 21.2. The summed E-state index contributed by atoms with van der Waals surface area (Å²) in [6.07, 6.45) is 1.22. The number of aliphatic hydroxyl groups excluding tert-OH is 1. The zero-order valence-electron chi connectivity index (χ0n) is 15.2. The van der Waals surface area contributed by atoms with Crippen molar-refractivity contribution in [3.05, 3.63) is 47.5 Å². The summed E-state index contributed by atoms with van der Waals surface area (Å²) in [5, 5.41) is 17.0. The van der Waals surface area contributed by atoms with E-state index in [0.717, 1.165) is 16.5 Å². The average molecular weight is 411 g/mol. The molecule has 0 radical (unpaired) electrons. The van der Waals surface area contributed by atoms with Gasteiger partial charge in [-0.2, -0.15) is 0 Å². The van der Waals surface area contributed by atoms with Gasteiger partial charge < -0.3 is 15.2 Å². The van der Waals surface area contributed by atoms with E-state index in [-0.39, 0.29) is 22.8 Å². The number of nitrogens with two attached hydrogens (primary N) is 1. The lowest BCUT2D eigenvalue weighted by atomic mass is 10.1. The Bertz CT molecular complexity index is 943. The molecule has 1 unspecified atom stereocenters. The number of hydrogen-bond donors (Lipinski definition) is 3. The van der Waals surface area contributed by atoms with Crippen molar-refractivity contribution in [2.75, 3.05) is 12.8 Å². The number of nitrogens with one attached hydrogen (secondary N) is 1. The van der Waals surface area contributed by atoms with Crippen LogP contribution >= 0.6 is 11.8 Å². The van der Waals surface area contributed by atoms with Crippen molar-refractivity contribution >= 4 is 27.7 Å². The fourth-order valence-corrected chi connectivity index (χ4v) is 3.45. The zero-order chi connectivity index (χ0) is 20.2. The molecule has 0 aromatic heterocycles. The molecule has 0 aliphatic rings. The van der Waals surface area contributed by atoms with E-state index in [1.54, 1.807) is 17.8 Å². The molecule has 27 heavy (non-hydrogen) atoms. The Balaban J connectivity index is 2.42. The third kappa shape index (κ3) is 5.70. The number of aliphatic hydroxyl groups is 1. The van der Waals surface area contributed by atoms with Crippen LogP contribution in [-0.2, 0) is 10.0 Å². The third-order valence-electron chi connectivity index (χ3n) is 3.68. The number of sulfonamides is 1. The lowest BCUT2D eigenvalue weighted by Gasteiger charge is -2.14. The van der Waals surface area contributed by atoms with Crippen molar-refractivity contribution < 1.29 is 23.1 Å². The quantitative estimate of drug-likeness (QED) is 0.603. The summed E-state index contributed by atoms with van der Waals surface area (Å²) in [6, 6.07) is 9.32. The molecule has 1 atom stereocenters. The van der Waals surface area contributed by atoms with E-state index in [2.05, 4.69) is 5.32 Å². The second-order valence-corrected chi connectivity index (χ2v) is 8.41. The summed E-state index contributed by atoms with van der Waals surface area (Å²) in [4.78, 5) is 13.4. The molecule has 0 aliphatic carbocycles. The minimum Gasteiger partial charge on any atom is -0.457 e. The fraction of sp³-hybridized carbons (Fsp3) is 0.278. The molecule has 4 N–H and O–H groups in total. The highest BCUT2D eigenvalue weighted by Crippen LogP contribution is 2.30. The predicted molar refractivity (Wildman–Crippen MR) is 105 cm³/mol. The second-order valence-electron chi connectivity index (χ2n) is 6.00. The molecule has 0 heterocycles. The van der Waals surface area contributed by atoms with Gasteiger partial charge in [-0.1, -0.05) is 0 Å². The Morgan fingerprint density at radius 1 is 1.30 bits per heavy atom. The highest BCUT2D eigenvalue weighted by Gasteiger charge is 2.18. The van der Waals surface area contributed by atoms with Gasteiger partial charge in [0.2, 0.25) is 10.0 Å². The van der Waals surface area contributed by atoms with E-state index in [9.17, 15) is 18.3 Å². The second kappa shape index (κ2) is 8.75. The topological polar surface area (TPSA) is 119 Å². The molecule has 0 saturated heterocycles. The van der Waals surface area contributed by atoms with Crippen molar-refractivity contribution in [1.29, 1.82) is 0 Å².